The highest BCUT2D eigenvalue weighted by atomic mass is 28.3. The van der Waals surface area contributed by atoms with Crippen molar-refractivity contribution in [3.8, 4) is 0 Å². The van der Waals surface area contributed by atoms with Crippen LogP contribution in [0.25, 0.3) is 0 Å². The minimum Gasteiger partial charge on any atom is -0.397 e. The van der Waals surface area contributed by atoms with E-state index in [9.17, 15) is 0 Å². The highest BCUT2D eigenvalue weighted by molar-refractivity contribution is 6.53. The van der Waals surface area contributed by atoms with Crippen molar-refractivity contribution in [1.29, 1.82) is 0 Å². The fourth-order valence-electron chi connectivity index (χ4n) is 0.983. The van der Waals surface area contributed by atoms with Gasteiger partial charge in [-0.05, 0) is 5.20 Å². The van der Waals surface area contributed by atoms with Crippen molar-refractivity contribution in [1.82, 2.24) is 0 Å². The molecule has 1 fully saturated rings. The lowest BCUT2D eigenvalue weighted by atomic mass is 10.5. The van der Waals surface area contributed by atoms with Crippen molar-refractivity contribution < 1.29 is 18.3 Å². The SMILES string of the molecule is C=C(COCC1CO1)[SiH](OC)OC. The summed E-state index contributed by atoms with van der Waals surface area (Å²) in [5, 5.41) is 0.922. The smallest absolute Gasteiger partial charge is 0.352 e. The Labute approximate surface area is 80.3 Å². The number of hydrogen-bond donors (Lipinski definition) is 0. The molecule has 1 aliphatic heterocycles. The summed E-state index contributed by atoms with van der Waals surface area (Å²) in [7, 11) is 1.58. The van der Waals surface area contributed by atoms with Crippen LogP contribution in [0.15, 0.2) is 11.8 Å². The van der Waals surface area contributed by atoms with Crippen molar-refractivity contribution in [3.63, 3.8) is 0 Å². The Bertz CT molecular complexity index is 166. The van der Waals surface area contributed by atoms with Crippen LogP contribution in [0, 0.1) is 0 Å². The van der Waals surface area contributed by atoms with E-state index in [1.54, 1.807) is 14.2 Å². The van der Waals surface area contributed by atoms with Crippen LogP contribution in [-0.4, -0.2) is 49.4 Å². The molecule has 0 amide bonds. The van der Waals surface area contributed by atoms with Gasteiger partial charge in [0, 0.05) is 14.2 Å². The van der Waals surface area contributed by atoms with E-state index in [-0.39, 0.29) is 0 Å². The van der Waals surface area contributed by atoms with Gasteiger partial charge >= 0.3 is 9.28 Å². The van der Waals surface area contributed by atoms with Gasteiger partial charge in [0.25, 0.3) is 0 Å². The fourth-order valence-corrected chi connectivity index (χ4v) is 2.10. The van der Waals surface area contributed by atoms with Gasteiger partial charge in [-0.1, -0.05) is 6.58 Å². The van der Waals surface area contributed by atoms with Gasteiger partial charge in [-0.25, -0.2) is 0 Å². The summed E-state index contributed by atoms with van der Waals surface area (Å²) in [4.78, 5) is 0. The van der Waals surface area contributed by atoms with Gasteiger partial charge in [0.05, 0.1) is 19.8 Å². The third kappa shape index (κ3) is 4.01. The Morgan fingerprint density at radius 3 is 2.62 bits per heavy atom. The third-order valence-electron chi connectivity index (χ3n) is 1.76. The van der Waals surface area contributed by atoms with Crippen molar-refractivity contribution in [2.45, 2.75) is 6.10 Å². The lowest BCUT2D eigenvalue weighted by Gasteiger charge is -2.13. The molecule has 1 aliphatic rings. The summed E-state index contributed by atoms with van der Waals surface area (Å²) < 4.78 is 20.6. The zero-order chi connectivity index (χ0) is 9.68. The zero-order valence-electron chi connectivity index (χ0n) is 8.12. The molecule has 5 heteroatoms. The molecular formula is C8H16O4Si. The van der Waals surface area contributed by atoms with Crippen molar-refractivity contribution in [2.75, 3.05) is 34.0 Å². The highest BCUT2D eigenvalue weighted by Crippen LogP contribution is 2.09. The van der Waals surface area contributed by atoms with Gasteiger partial charge < -0.3 is 18.3 Å². The molecule has 1 heterocycles. The van der Waals surface area contributed by atoms with Crippen molar-refractivity contribution >= 4 is 9.28 Å². The normalized spacial score (nSPS) is 20.7. The quantitative estimate of drug-likeness (QED) is 0.433. The van der Waals surface area contributed by atoms with Crippen molar-refractivity contribution in [2.24, 2.45) is 0 Å². The van der Waals surface area contributed by atoms with E-state index in [0.717, 1.165) is 11.8 Å². The molecule has 1 unspecified atom stereocenters. The molecule has 0 aromatic heterocycles. The Kier molecular flexibility index (Phi) is 4.61. The molecule has 0 N–H and O–H groups in total. The Hall–Kier alpha value is -0.203. The minimum absolute atomic E-state index is 0.304. The van der Waals surface area contributed by atoms with E-state index in [1.807, 2.05) is 0 Å². The van der Waals surface area contributed by atoms with E-state index in [4.69, 9.17) is 18.3 Å². The van der Waals surface area contributed by atoms with Crippen LogP contribution < -0.4 is 0 Å². The van der Waals surface area contributed by atoms with Crippen LogP contribution in [0.2, 0.25) is 0 Å². The van der Waals surface area contributed by atoms with Crippen LogP contribution in [0.5, 0.6) is 0 Å². The first kappa shape index (κ1) is 10.9. The highest BCUT2D eigenvalue weighted by Gasteiger charge is 2.23. The molecule has 0 spiro atoms. The summed E-state index contributed by atoms with van der Waals surface area (Å²) in [5.41, 5.74) is 0. The summed E-state index contributed by atoms with van der Waals surface area (Å²) in [6.07, 6.45) is 0.304. The second-order valence-corrected chi connectivity index (χ2v) is 5.36. The van der Waals surface area contributed by atoms with E-state index in [1.165, 1.54) is 0 Å². The predicted octanol–water partition coefficient (Wildman–Crippen LogP) is 0.0105. The standard InChI is InChI=1S/C8H16O4Si/c1-7(13(9-2)10-3)4-11-5-8-6-12-8/h8,13H,1,4-6H2,2-3H3. The topological polar surface area (TPSA) is 40.2 Å². The lowest BCUT2D eigenvalue weighted by Crippen LogP contribution is -2.25. The van der Waals surface area contributed by atoms with E-state index >= 15 is 0 Å². The number of rotatable bonds is 7. The molecule has 1 saturated heterocycles. The maximum Gasteiger partial charge on any atom is 0.352 e. The molecule has 0 bridgehead atoms. The zero-order valence-corrected chi connectivity index (χ0v) is 9.27. The predicted molar refractivity (Wildman–Crippen MR) is 50.9 cm³/mol. The first-order valence-electron chi connectivity index (χ1n) is 4.20. The Balaban J connectivity index is 2.07. The molecule has 1 rings (SSSR count). The second kappa shape index (κ2) is 5.51. The van der Waals surface area contributed by atoms with Gasteiger partial charge in [0.15, 0.2) is 0 Å². The minimum atomic E-state index is -1.69. The first-order chi connectivity index (χ1) is 6.27. The largest absolute Gasteiger partial charge is 0.397 e. The maximum absolute atomic E-state index is 5.35. The molecule has 0 aromatic carbocycles. The molecule has 4 nitrogen and oxygen atoms in total. The number of epoxide rings is 1. The molecule has 0 radical (unpaired) electrons. The van der Waals surface area contributed by atoms with E-state index in [2.05, 4.69) is 6.58 Å². The van der Waals surface area contributed by atoms with Gasteiger partial charge in [-0.2, -0.15) is 0 Å². The summed E-state index contributed by atoms with van der Waals surface area (Å²) >= 11 is 0. The average molecular weight is 204 g/mol. The maximum atomic E-state index is 5.35. The molecule has 1 atom stereocenters. The summed E-state index contributed by atoms with van der Waals surface area (Å²) in [5.74, 6) is 0. The summed E-state index contributed by atoms with van der Waals surface area (Å²) in [6, 6.07) is 0. The van der Waals surface area contributed by atoms with Gasteiger partial charge in [0.1, 0.15) is 6.10 Å². The molecule has 0 aromatic rings. The van der Waals surface area contributed by atoms with Crippen molar-refractivity contribution in [3.05, 3.63) is 11.8 Å². The van der Waals surface area contributed by atoms with Gasteiger partial charge in [0.2, 0.25) is 0 Å². The van der Waals surface area contributed by atoms with Crippen LogP contribution in [-0.2, 0) is 18.3 Å². The molecule has 76 valence electrons. The fraction of sp³-hybridized carbons (Fsp3) is 0.750. The lowest BCUT2D eigenvalue weighted by molar-refractivity contribution is 0.135. The van der Waals surface area contributed by atoms with Crippen LogP contribution in [0.3, 0.4) is 0 Å². The van der Waals surface area contributed by atoms with Gasteiger partial charge in [-0.15, -0.1) is 0 Å². The van der Waals surface area contributed by atoms with E-state index < -0.39 is 9.28 Å². The summed E-state index contributed by atoms with van der Waals surface area (Å²) in [6.45, 7) is 5.84. The van der Waals surface area contributed by atoms with Crippen LogP contribution in [0.4, 0.5) is 0 Å². The third-order valence-corrected chi connectivity index (χ3v) is 3.44. The first-order valence-corrected chi connectivity index (χ1v) is 5.72. The van der Waals surface area contributed by atoms with Crippen LogP contribution in [0.1, 0.15) is 0 Å². The number of hydrogen-bond acceptors (Lipinski definition) is 4. The monoisotopic (exact) mass is 204 g/mol. The molecule has 0 saturated carbocycles. The number of ether oxygens (including phenoxy) is 2. The van der Waals surface area contributed by atoms with Gasteiger partial charge in [-0.3, -0.25) is 0 Å². The van der Waals surface area contributed by atoms with Crippen LogP contribution >= 0.6 is 0 Å². The molecule has 13 heavy (non-hydrogen) atoms. The molecular weight excluding hydrogens is 188 g/mol. The Morgan fingerprint density at radius 1 is 1.54 bits per heavy atom. The average Bonchev–Trinajstić information content (AvgIpc) is 2.90. The Morgan fingerprint density at radius 2 is 2.15 bits per heavy atom. The second-order valence-electron chi connectivity index (χ2n) is 2.93. The van der Waals surface area contributed by atoms with E-state index in [0.29, 0.717) is 19.3 Å². The molecule has 0 aliphatic carbocycles.